The molecule has 0 aliphatic carbocycles. The highest BCUT2D eigenvalue weighted by Gasteiger charge is 2.28. The first kappa shape index (κ1) is 15.3. The Morgan fingerprint density at radius 3 is 2.43 bits per heavy atom. The maximum atomic E-state index is 14.0. The van der Waals surface area contributed by atoms with Gasteiger partial charge in [-0.1, -0.05) is 30.3 Å². The summed E-state index contributed by atoms with van der Waals surface area (Å²) in [4.78, 5) is 12.3. The third-order valence-corrected chi connectivity index (χ3v) is 3.28. The van der Waals surface area contributed by atoms with E-state index in [1.165, 1.54) is 18.9 Å². The number of methoxy groups -OCH3 is 2. The lowest BCUT2D eigenvalue weighted by molar-refractivity contribution is -0.0749. The molecule has 0 aliphatic heterocycles. The molecule has 0 fully saturated rings. The maximum Gasteiger partial charge on any atom is 0.239 e. The minimum Gasteiger partial charge on any atom is -0.349 e. The van der Waals surface area contributed by atoms with Crippen LogP contribution >= 0.6 is 0 Å². The van der Waals surface area contributed by atoms with Crippen molar-refractivity contribution >= 4 is 5.78 Å². The predicted octanol–water partition coefficient (Wildman–Crippen LogP) is 2.43. The van der Waals surface area contributed by atoms with Crippen molar-refractivity contribution < 1.29 is 18.7 Å². The number of ketones is 1. The number of aromatic nitrogens is 2. The number of benzene rings is 1. The molecule has 112 valence electrons. The lowest BCUT2D eigenvalue weighted by Gasteiger charge is -2.18. The number of Topliss-reactive ketones (excluding diaryl/α,β-unsaturated/α-hetero) is 1. The van der Waals surface area contributed by atoms with Crippen LogP contribution in [0.5, 0.6) is 0 Å². The molecule has 21 heavy (non-hydrogen) atoms. The van der Waals surface area contributed by atoms with Gasteiger partial charge in [0.05, 0.1) is 12.2 Å². The van der Waals surface area contributed by atoms with Gasteiger partial charge in [-0.05, 0) is 12.5 Å². The monoisotopic (exact) mass is 292 g/mol. The van der Waals surface area contributed by atoms with E-state index < -0.39 is 17.9 Å². The van der Waals surface area contributed by atoms with Gasteiger partial charge in [-0.3, -0.25) is 9.48 Å². The number of hydrogen-bond donors (Lipinski definition) is 0. The molecular formula is C15H17FN2O3. The Morgan fingerprint density at radius 1 is 1.24 bits per heavy atom. The smallest absolute Gasteiger partial charge is 0.239 e. The van der Waals surface area contributed by atoms with Gasteiger partial charge in [-0.25, -0.2) is 4.39 Å². The molecule has 5 nitrogen and oxygen atoms in total. The van der Waals surface area contributed by atoms with Crippen LogP contribution in [0.1, 0.15) is 29.0 Å². The fourth-order valence-corrected chi connectivity index (χ4v) is 2.16. The molecule has 6 heteroatoms. The molecule has 0 unspecified atom stereocenters. The van der Waals surface area contributed by atoms with E-state index in [4.69, 9.17) is 9.47 Å². The average molecular weight is 292 g/mol. The topological polar surface area (TPSA) is 53.4 Å². The highest BCUT2D eigenvalue weighted by molar-refractivity contribution is 5.97. The number of ether oxygens (including phenoxy) is 2. The molecule has 1 atom stereocenters. The van der Waals surface area contributed by atoms with Crippen molar-refractivity contribution in [3.8, 4) is 0 Å². The highest BCUT2D eigenvalue weighted by atomic mass is 19.1. The number of hydrogen-bond acceptors (Lipinski definition) is 4. The van der Waals surface area contributed by atoms with Crippen LogP contribution in [0.3, 0.4) is 0 Å². The Kier molecular flexibility index (Phi) is 4.82. The van der Waals surface area contributed by atoms with E-state index in [1.807, 2.05) is 37.3 Å². The Labute approximate surface area is 122 Å². The van der Waals surface area contributed by atoms with Gasteiger partial charge < -0.3 is 9.47 Å². The molecule has 1 aromatic heterocycles. The van der Waals surface area contributed by atoms with Gasteiger partial charge in [0.1, 0.15) is 5.69 Å². The SMILES string of the molecule is COC(OC)C(=O)c1c(F)cnn1[C@H](C)c1ccccc1. The fourth-order valence-electron chi connectivity index (χ4n) is 2.16. The van der Waals surface area contributed by atoms with E-state index in [2.05, 4.69) is 5.10 Å². The number of carbonyl (C=O) groups is 1. The first-order valence-electron chi connectivity index (χ1n) is 6.48. The van der Waals surface area contributed by atoms with E-state index in [9.17, 15) is 9.18 Å². The summed E-state index contributed by atoms with van der Waals surface area (Å²) < 4.78 is 25.1. The molecule has 0 radical (unpaired) electrons. The van der Waals surface area contributed by atoms with Gasteiger partial charge in [0, 0.05) is 14.2 Å². The molecule has 0 aliphatic rings. The second-order valence-electron chi connectivity index (χ2n) is 4.54. The molecular weight excluding hydrogens is 275 g/mol. The number of carbonyl (C=O) groups excluding carboxylic acids is 1. The van der Waals surface area contributed by atoms with Gasteiger partial charge in [0.25, 0.3) is 0 Å². The molecule has 0 spiro atoms. The summed E-state index contributed by atoms with van der Waals surface area (Å²) in [5.41, 5.74) is 0.765. The average Bonchev–Trinajstić information content (AvgIpc) is 2.90. The standard InChI is InChI=1S/C15H17FN2O3/c1-10(11-7-5-4-6-8-11)18-13(12(16)9-17-18)14(19)15(20-2)21-3/h4-10,15H,1-3H3/t10-/m1/s1. The van der Waals surface area contributed by atoms with E-state index >= 15 is 0 Å². The zero-order chi connectivity index (χ0) is 15.4. The first-order chi connectivity index (χ1) is 10.1. The quantitative estimate of drug-likeness (QED) is 0.606. The minimum absolute atomic E-state index is 0.153. The second-order valence-corrected chi connectivity index (χ2v) is 4.54. The van der Waals surface area contributed by atoms with E-state index in [0.29, 0.717) is 0 Å². The van der Waals surface area contributed by atoms with Crippen molar-refractivity contribution in [3.63, 3.8) is 0 Å². The van der Waals surface area contributed by atoms with Crippen LogP contribution < -0.4 is 0 Å². The summed E-state index contributed by atoms with van der Waals surface area (Å²) in [6.45, 7) is 1.84. The second kappa shape index (κ2) is 6.60. The Morgan fingerprint density at radius 2 is 1.86 bits per heavy atom. The Balaban J connectivity index is 2.41. The molecule has 1 aromatic carbocycles. The lowest BCUT2D eigenvalue weighted by Crippen LogP contribution is -2.29. The van der Waals surface area contributed by atoms with Gasteiger partial charge >= 0.3 is 0 Å². The number of halogens is 1. The third-order valence-electron chi connectivity index (χ3n) is 3.28. The Hall–Kier alpha value is -2.05. The predicted molar refractivity (Wildman–Crippen MR) is 74.6 cm³/mol. The van der Waals surface area contributed by atoms with Crippen molar-refractivity contribution in [3.05, 3.63) is 53.6 Å². The van der Waals surface area contributed by atoms with E-state index in [1.54, 1.807) is 0 Å². The highest BCUT2D eigenvalue weighted by Crippen LogP contribution is 2.21. The van der Waals surface area contributed by atoms with E-state index in [0.717, 1.165) is 11.8 Å². The molecule has 0 saturated carbocycles. The molecule has 2 rings (SSSR count). The van der Waals surface area contributed by atoms with Crippen LogP contribution in [0.4, 0.5) is 4.39 Å². The number of rotatable bonds is 6. The Bertz CT molecular complexity index is 609. The van der Waals surface area contributed by atoms with Gasteiger partial charge in [-0.2, -0.15) is 5.10 Å². The molecule has 1 heterocycles. The summed E-state index contributed by atoms with van der Waals surface area (Å²) >= 11 is 0. The van der Waals surface area contributed by atoms with E-state index in [-0.39, 0.29) is 11.7 Å². The largest absolute Gasteiger partial charge is 0.349 e. The van der Waals surface area contributed by atoms with Gasteiger partial charge in [0.15, 0.2) is 5.82 Å². The molecule has 0 saturated heterocycles. The van der Waals surface area contributed by atoms with Crippen molar-refractivity contribution in [1.82, 2.24) is 9.78 Å². The van der Waals surface area contributed by atoms with Crippen LogP contribution in [0.25, 0.3) is 0 Å². The van der Waals surface area contributed by atoms with Crippen molar-refractivity contribution in [2.75, 3.05) is 14.2 Å². The summed E-state index contributed by atoms with van der Waals surface area (Å²) in [5, 5.41) is 3.97. The van der Waals surface area contributed by atoms with Crippen molar-refractivity contribution in [1.29, 1.82) is 0 Å². The minimum atomic E-state index is -1.15. The first-order valence-corrected chi connectivity index (χ1v) is 6.48. The molecule has 2 aromatic rings. The van der Waals surface area contributed by atoms with Crippen molar-refractivity contribution in [2.24, 2.45) is 0 Å². The van der Waals surface area contributed by atoms with Crippen molar-refractivity contribution in [2.45, 2.75) is 19.3 Å². The summed E-state index contributed by atoms with van der Waals surface area (Å²) in [6.07, 6.45) is -0.132. The molecule has 0 bridgehead atoms. The molecule has 0 N–H and O–H groups in total. The normalized spacial score (nSPS) is 12.6. The van der Waals surface area contributed by atoms with Crippen LogP contribution in [-0.2, 0) is 9.47 Å². The summed E-state index contributed by atoms with van der Waals surface area (Å²) in [5.74, 6) is -1.29. The van der Waals surface area contributed by atoms with Crippen LogP contribution in [0, 0.1) is 5.82 Å². The molecule has 0 amide bonds. The zero-order valence-electron chi connectivity index (χ0n) is 12.1. The number of nitrogens with zero attached hydrogens (tertiary/aromatic N) is 2. The third kappa shape index (κ3) is 3.01. The summed E-state index contributed by atoms with van der Waals surface area (Å²) in [6, 6.07) is 9.13. The van der Waals surface area contributed by atoms with Gasteiger partial charge in [0.2, 0.25) is 12.1 Å². The van der Waals surface area contributed by atoms with Gasteiger partial charge in [-0.15, -0.1) is 0 Å². The van der Waals surface area contributed by atoms with Crippen LogP contribution in [0.2, 0.25) is 0 Å². The van der Waals surface area contributed by atoms with Crippen LogP contribution in [0.15, 0.2) is 36.5 Å². The maximum absolute atomic E-state index is 14.0. The van der Waals surface area contributed by atoms with Crippen LogP contribution in [-0.4, -0.2) is 36.1 Å². The zero-order valence-corrected chi connectivity index (χ0v) is 12.1. The lowest BCUT2D eigenvalue weighted by atomic mass is 10.1. The fraction of sp³-hybridized carbons (Fsp3) is 0.333. The summed E-state index contributed by atoms with van der Waals surface area (Å²) in [7, 11) is 2.65.